The lowest BCUT2D eigenvalue weighted by Crippen LogP contribution is -2.58. The van der Waals surface area contributed by atoms with Crippen LogP contribution in [0.1, 0.15) is 48.0 Å². The highest BCUT2D eigenvalue weighted by Gasteiger charge is 2.42. The first kappa shape index (κ1) is 24.1. The van der Waals surface area contributed by atoms with E-state index in [4.69, 9.17) is 16.5 Å². The van der Waals surface area contributed by atoms with E-state index in [9.17, 15) is 4.79 Å². The third-order valence-electron chi connectivity index (χ3n) is 7.36. The van der Waals surface area contributed by atoms with Gasteiger partial charge in [0.2, 0.25) is 11.9 Å². The Morgan fingerprint density at radius 2 is 1.61 bits per heavy atom. The number of carbonyl (C=O) groups excluding carboxylic acids is 1. The fourth-order valence-electron chi connectivity index (χ4n) is 5.47. The van der Waals surface area contributed by atoms with E-state index in [2.05, 4.69) is 34.2 Å². The monoisotopic (exact) mass is 485 g/mol. The molecule has 5 rings (SSSR count). The molecule has 3 aliphatic rings. The molecule has 2 fully saturated rings. The summed E-state index contributed by atoms with van der Waals surface area (Å²) in [5.74, 6) is 0.670. The predicted molar refractivity (Wildman–Crippen MR) is 146 cm³/mol. The van der Waals surface area contributed by atoms with Crippen LogP contribution >= 0.6 is 0 Å². The van der Waals surface area contributed by atoms with Gasteiger partial charge in [0.05, 0.1) is 0 Å². The largest absolute Gasteiger partial charge is 0.369 e. The molecule has 4 N–H and O–H groups in total. The first-order chi connectivity index (χ1) is 17.5. The normalized spacial score (nSPS) is 20.4. The Morgan fingerprint density at radius 1 is 0.917 bits per heavy atom. The molecular weight excluding hydrogens is 450 g/mol. The number of guanidine groups is 2. The van der Waals surface area contributed by atoms with Gasteiger partial charge in [0.15, 0.2) is 0 Å². The summed E-state index contributed by atoms with van der Waals surface area (Å²) in [6.07, 6.45) is 9.45. The lowest BCUT2D eigenvalue weighted by Gasteiger charge is -2.45. The van der Waals surface area contributed by atoms with Crippen LogP contribution in [0, 0.1) is 0 Å². The summed E-state index contributed by atoms with van der Waals surface area (Å²) in [5.41, 5.74) is 14.6. The molecule has 2 aromatic carbocycles. The zero-order chi connectivity index (χ0) is 25.0. The second-order valence-electron chi connectivity index (χ2n) is 9.77. The van der Waals surface area contributed by atoms with Crippen LogP contribution in [-0.2, 0) is 0 Å². The third-order valence-corrected chi connectivity index (χ3v) is 7.36. The van der Waals surface area contributed by atoms with Gasteiger partial charge in [-0.3, -0.25) is 14.6 Å². The van der Waals surface area contributed by atoms with E-state index >= 15 is 0 Å². The molecule has 2 heterocycles. The van der Waals surface area contributed by atoms with E-state index in [1.54, 1.807) is 0 Å². The Bertz CT molecular complexity index is 1140. The molecule has 1 saturated carbocycles. The van der Waals surface area contributed by atoms with Crippen LogP contribution in [0.15, 0.2) is 70.7 Å². The lowest BCUT2D eigenvalue weighted by atomic mass is 9.87. The molecule has 0 radical (unpaired) electrons. The molecule has 0 bridgehead atoms. The average Bonchev–Trinajstić information content (AvgIpc) is 2.90. The van der Waals surface area contributed by atoms with Gasteiger partial charge in [-0.05, 0) is 55.5 Å². The van der Waals surface area contributed by atoms with Crippen LogP contribution in [0.4, 0.5) is 5.69 Å². The number of hydrogen-bond donors (Lipinski definition) is 2. The lowest BCUT2D eigenvalue weighted by molar-refractivity contribution is 0.0650. The number of aliphatic imine (C=N–C) groups is 2. The maximum atomic E-state index is 13.2. The predicted octanol–water partition coefficient (Wildman–Crippen LogP) is 3.27. The fourth-order valence-corrected chi connectivity index (χ4v) is 5.47. The van der Waals surface area contributed by atoms with Crippen molar-refractivity contribution >= 4 is 29.6 Å². The van der Waals surface area contributed by atoms with Gasteiger partial charge in [0.1, 0.15) is 5.66 Å². The van der Waals surface area contributed by atoms with Gasteiger partial charge < -0.3 is 16.4 Å². The molecule has 0 atom stereocenters. The minimum Gasteiger partial charge on any atom is -0.369 e. The molecule has 1 amide bonds. The Balaban J connectivity index is 1.20. The van der Waals surface area contributed by atoms with Crippen molar-refractivity contribution in [2.24, 2.45) is 21.5 Å². The van der Waals surface area contributed by atoms with E-state index < -0.39 is 5.66 Å². The van der Waals surface area contributed by atoms with Crippen molar-refractivity contribution in [3.05, 3.63) is 71.8 Å². The smallest absolute Gasteiger partial charge is 0.253 e. The standard InChI is InChI=1S/C28H35N7O/c29-26-31-27(30)35(28(32-26)15-5-2-6-16-28)24-13-11-23(12-14-24)25(36)34-20-18-33(19-21-34)17-7-10-22-8-3-1-4-9-22/h1,3-4,7-14H,2,5-6,15-21H2,(H4,29,30,31,32). The van der Waals surface area contributed by atoms with Crippen molar-refractivity contribution in [3.8, 4) is 0 Å². The topological polar surface area (TPSA) is 104 Å². The Kier molecular flexibility index (Phi) is 7.04. The van der Waals surface area contributed by atoms with E-state index in [-0.39, 0.29) is 11.9 Å². The molecule has 2 aliphatic heterocycles. The molecule has 188 valence electrons. The summed E-state index contributed by atoms with van der Waals surface area (Å²) < 4.78 is 0. The molecule has 0 aromatic heterocycles. The van der Waals surface area contributed by atoms with Crippen molar-refractivity contribution in [1.29, 1.82) is 0 Å². The highest BCUT2D eigenvalue weighted by atomic mass is 16.2. The summed E-state index contributed by atoms with van der Waals surface area (Å²) in [6.45, 7) is 4.07. The molecule has 8 heteroatoms. The van der Waals surface area contributed by atoms with E-state index in [0.29, 0.717) is 11.5 Å². The number of hydrogen-bond acceptors (Lipinski definition) is 7. The van der Waals surface area contributed by atoms with Crippen LogP contribution in [0.3, 0.4) is 0 Å². The minimum absolute atomic E-state index is 0.0657. The van der Waals surface area contributed by atoms with Crippen LogP contribution in [0.5, 0.6) is 0 Å². The molecule has 0 unspecified atom stereocenters. The minimum atomic E-state index is -0.481. The SMILES string of the molecule is NC1=NC2(CCCCC2)N(c2ccc(C(=O)N3CCN(CC=Cc4ccccc4)CC3)cc2)C(N)=N1. The van der Waals surface area contributed by atoms with Gasteiger partial charge in [-0.2, -0.15) is 4.99 Å². The first-order valence-corrected chi connectivity index (χ1v) is 12.9. The number of nitrogens with two attached hydrogens (primary N) is 2. The Labute approximate surface area is 213 Å². The summed E-state index contributed by atoms with van der Waals surface area (Å²) in [6, 6.07) is 18.0. The van der Waals surface area contributed by atoms with Gasteiger partial charge in [0.25, 0.3) is 5.91 Å². The molecular formula is C28H35N7O. The van der Waals surface area contributed by atoms with Gasteiger partial charge in [-0.15, -0.1) is 0 Å². The molecule has 36 heavy (non-hydrogen) atoms. The highest BCUT2D eigenvalue weighted by molar-refractivity contribution is 6.06. The van der Waals surface area contributed by atoms with Crippen molar-refractivity contribution in [2.75, 3.05) is 37.6 Å². The van der Waals surface area contributed by atoms with Crippen LogP contribution < -0.4 is 16.4 Å². The van der Waals surface area contributed by atoms with Crippen molar-refractivity contribution in [3.63, 3.8) is 0 Å². The maximum Gasteiger partial charge on any atom is 0.253 e. The van der Waals surface area contributed by atoms with E-state index in [0.717, 1.165) is 64.1 Å². The first-order valence-electron chi connectivity index (χ1n) is 12.9. The summed E-state index contributed by atoms with van der Waals surface area (Å²) in [4.78, 5) is 28.5. The summed E-state index contributed by atoms with van der Waals surface area (Å²) in [7, 11) is 0. The number of benzene rings is 2. The van der Waals surface area contributed by atoms with Gasteiger partial charge >= 0.3 is 0 Å². The van der Waals surface area contributed by atoms with Crippen LogP contribution in [0.2, 0.25) is 0 Å². The second kappa shape index (κ2) is 10.5. The van der Waals surface area contributed by atoms with E-state index in [1.807, 2.05) is 52.3 Å². The summed E-state index contributed by atoms with van der Waals surface area (Å²) >= 11 is 0. The molecule has 8 nitrogen and oxygen atoms in total. The number of rotatable bonds is 5. The molecule has 1 saturated heterocycles. The number of amides is 1. The second-order valence-corrected chi connectivity index (χ2v) is 9.77. The van der Waals surface area contributed by atoms with Crippen molar-refractivity contribution in [2.45, 2.75) is 37.8 Å². The third kappa shape index (κ3) is 5.14. The van der Waals surface area contributed by atoms with Crippen LogP contribution in [0.25, 0.3) is 6.08 Å². The van der Waals surface area contributed by atoms with Gasteiger partial charge in [-0.25, -0.2) is 4.99 Å². The average molecular weight is 486 g/mol. The van der Waals surface area contributed by atoms with E-state index in [1.165, 1.54) is 12.0 Å². The number of piperazine rings is 1. The van der Waals surface area contributed by atoms with Gasteiger partial charge in [0, 0.05) is 44.0 Å². The molecule has 1 aliphatic carbocycles. The molecule has 2 aromatic rings. The quantitative estimate of drug-likeness (QED) is 0.677. The highest BCUT2D eigenvalue weighted by Crippen LogP contribution is 2.39. The van der Waals surface area contributed by atoms with Crippen molar-refractivity contribution in [1.82, 2.24) is 9.80 Å². The van der Waals surface area contributed by atoms with Gasteiger partial charge in [-0.1, -0.05) is 48.9 Å². The number of carbonyl (C=O) groups is 1. The Morgan fingerprint density at radius 3 is 2.31 bits per heavy atom. The number of nitrogens with zero attached hydrogens (tertiary/aromatic N) is 5. The summed E-state index contributed by atoms with van der Waals surface area (Å²) in [5, 5.41) is 0. The zero-order valence-corrected chi connectivity index (χ0v) is 20.7. The molecule has 1 spiro atoms. The van der Waals surface area contributed by atoms with Crippen LogP contribution in [-0.4, -0.2) is 66.0 Å². The Hall–Kier alpha value is -3.65. The zero-order valence-electron chi connectivity index (χ0n) is 20.7. The number of anilines is 1. The van der Waals surface area contributed by atoms with Crippen molar-refractivity contribution < 1.29 is 4.79 Å². The maximum absolute atomic E-state index is 13.2. The fraction of sp³-hybridized carbons (Fsp3) is 0.393.